The Labute approximate surface area is 111 Å². The summed E-state index contributed by atoms with van der Waals surface area (Å²) in [6, 6.07) is 5.89. The minimum atomic E-state index is -0.423. The molecule has 1 fully saturated rings. The third-order valence-corrected chi connectivity index (χ3v) is 4.49. The number of esters is 1. The molecule has 0 spiro atoms. The van der Waals surface area contributed by atoms with Crippen molar-refractivity contribution in [1.82, 2.24) is 0 Å². The lowest BCUT2D eigenvalue weighted by Gasteiger charge is -2.14. The predicted molar refractivity (Wildman–Crippen MR) is 70.8 cm³/mol. The first kappa shape index (κ1) is 12.8. The van der Waals surface area contributed by atoms with E-state index in [1.807, 2.05) is 18.2 Å². The standard InChI is InChI=1S/C13H15ClO2S/c1-3-17-11-5-4-9(8-10(11)14)13(6-7-13)12(15)16-2/h4-5,8H,3,6-7H2,1-2H3. The van der Waals surface area contributed by atoms with Crippen molar-refractivity contribution < 1.29 is 9.53 Å². The summed E-state index contributed by atoms with van der Waals surface area (Å²) < 4.78 is 4.86. The number of ether oxygens (including phenoxy) is 1. The number of thioether (sulfide) groups is 1. The van der Waals surface area contributed by atoms with Gasteiger partial charge in [0.05, 0.1) is 17.5 Å². The van der Waals surface area contributed by atoms with Crippen molar-refractivity contribution in [2.75, 3.05) is 12.9 Å². The highest BCUT2D eigenvalue weighted by molar-refractivity contribution is 7.99. The molecular formula is C13H15ClO2S. The van der Waals surface area contributed by atoms with E-state index in [1.165, 1.54) is 7.11 Å². The first-order valence-corrected chi connectivity index (χ1v) is 7.01. The number of carbonyl (C=O) groups excluding carboxylic acids is 1. The maximum Gasteiger partial charge on any atom is 0.316 e. The van der Waals surface area contributed by atoms with Crippen LogP contribution in [0.25, 0.3) is 0 Å². The Kier molecular flexibility index (Phi) is 3.69. The van der Waals surface area contributed by atoms with Crippen LogP contribution in [-0.2, 0) is 14.9 Å². The third kappa shape index (κ3) is 2.31. The summed E-state index contributed by atoms with van der Waals surface area (Å²) in [7, 11) is 1.44. The molecule has 92 valence electrons. The molecule has 0 aliphatic heterocycles. The Balaban J connectivity index is 2.29. The fourth-order valence-electron chi connectivity index (χ4n) is 2.00. The van der Waals surface area contributed by atoms with Gasteiger partial charge < -0.3 is 4.74 Å². The summed E-state index contributed by atoms with van der Waals surface area (Å²) in [5.74, 6) is 0.839. The van der Waals surface area contributed by atoms with Gasteiger partial charge in [0.2, 0.25) is 0 Å². The fraction of sp³-hybridized carbons (Fsp3) is 0.462. The number of halogens is 1. The van der Waals surface area contributed by atoms with E-state index >= 15 is 0 Å². The minimum absolute atomic E-state index is 0.149. The molecule has 0 heterocycles. The highest BCUT2D eigenvalue weighted by atomic mass is 35.5. The zero-order valence-corrected chi connectivity index (χ0v) is 11.5. The second-order valence-corrected chi connectivity index (χ2v) is 5.86. The molecule has 0 aromatic heterocycles. The van der Waals surface area contributed by atoms with E-state index in [1.54, 1.807) is 11.8 Å². The number of benzene rings is 1. The molecular weight excluding hydrogens is 256 g/mol. The van der Waals surface area contributed by atoms with E-state index in [0.717, 1.165) is 34.1 Å². The second-order valence-electron chi connectivity index (χ2n) is 4.15. The van der Waals surface area contributed by atoms with E-state index in [9.17, 15) is 4.79 Å². The fourth-order valence-corrected chi connectivity index (χ4v) is 3.02. The molecule has 1 saturated carbocycles. The van der Waals surface area contributed by atoms with Crippen molar-refractivity contribution >= 4 is 29.3 Å². The average Bonchev–Trinajstić information content (AvgIpc) is 3.12. The molecule has 4 heteroatoms. The van der Waals surface area contributed by atoms with Crippen LogP contribution in [0.5, 0.6) is 0 Å². The lowest BCUT2D eigenvalue weighted by molar-refractivity contribution is -0.143. The minimum Gasteiger partial charge on any atom is -0.468 e. The van der Waals surface area contributed by atoms with Crippen LogP contribution in [0.4, 0.5) is 0 Å². The van der Waals surface area contributed by atoms with Gasteiger partial charge in [0.1, 0.15) is 0 Å². The van der Waals surface area contributed by atoms with E-state index in [-0.39, 0.29) is 5.97 Å². The van der Waals surface area contributed by atoms with Crippen LogP contribution in [0.1, 0.15) is 25.3 Å². The van der Waals surface area contributed by atoms with Crippen molar-refractivity contribution in [2.24, 2.45) is 0 Å². The number of carbonyl (C=O) groups is 1. The van der Waals surface area contributed by atoms with Crippen LogP contribution in [0.3, 0.4) is 0 Å². The molecule has 17 heavy (non-hydrogen) atoms. The summed E-state index contributed by atoms with van der Waals surface area (Å²) in [5, 5.41) is 0.726. The van der Waals surface area contributed by atoms with Gasteiger partial charge in [-0.25, -0.2) is 0 Å². The maximum absolute atomic E-state index is 11.7. The lowest BCUT2D eigenvalue weighted by Crippen LogP contribution is -2.21. The number of hydrogen-bond acceptors (Lipinski definition) is 3. The molecule has 0 bridgehead atoms. The van der Waals surface area contributed by atoms with Crippen LogP contribution in [0.15, 0.2) is 23.1 Å². The number of hydrogen-bond donors (Lipinski definition) is 0. The zero-order chi connectivity index (χ0) is 12.5. The SMILES string of the molecule is CCSc1ccc(C2(C(=O)OC)CC2)cc1Cl. The molecule has 1 aliphatic rings. The molecule has 1 aliphatic carbocycles. The summed E-state index contributed by atoms with van der Waals surface area (Å²) in [4.78, 5) is 12.8. The van der Waals surface area contributed by atoms with Crippen molar-refractivity contribution in [3.8, 4) is 0 Å². The van der Waals surface area contributed by atoms with E-state index in [2.05, 4.69) is 6.92 Å². The monoisotopic (exact) mass is 270 g/mol. The number of methoxy groups -OCH3 is 1. The summed E-state index contributed by atoms with van der Waals surface area (Å²) in [6.45, 7) is 2.09. The Hall–Kier alpha value is -0.670. The van der Waals surface area contributed by atoms with Crippen molar-refractivity contribution in [2.45, 2.75) is 30.1 Å². The molecule has 2 nitrogen and oxygen atoms in total. The number of rotatable bonds is 4. The predicted octanol–water partition coefficient (Wildman–Crippen LogP) is 3.66. The third-order valence-electron chi connectivity index (χ3n) is 3.11. The van der Waals surface area contributed by atoms with Crippen LogP contribution >= 0.6 is 23.4 Å². The molecule has 1 aromatic rings. The van der Waals surface area contributed by atoms with Gasteiger partial charge in [0, 0.05) is 4.90 Å². The van der Waals surface area contributed by atoms with Gasteiger partial charge in [-0.05, 0) is 36.3 Å². The Morgan fingerprint density at radius 1 is 1.53 bits per heavy atom. The summed E-state index contributed by atoms with van der Waals surface area (Å²) >= 11 is 7.92. The molecule has 0 atom stereocenters. The summed E-state index contributed by atoms with van der Waals surface area (Å²) in [6.07, 6.45) is 1.71. The van der Waals surface area contributed by atoms with Crippen LogP contribution in [0.2, 0.25) is 5.02 Å². The summed E-state index contributed by atoms with van der Waals surface area (Å²) in [5.41, 5.74) is 0.558. The normalized spacial score (nSPS) is 16.6. The lowest BCUT2D eigenvalue weighted by atomic mass is 9.96. The molecule has 0 N–H and O–H groups in total. The Morgan fingerprint density at radius 3 is 2.71 bits per heavy atom. The van der Waals surface area contributed by atoms with E-state index < -0.39 is 5.41 Å². The molecule has 0 unspecified atom stereocenters. The molecule has 0 amide bonds. The average molecular weight is 271 g/mol. The quantitative estimate of drug-likeness (QED) is 0.617. The van der Waals surface area contributed by atoms with Crippen LogP contribution in [0, 0.1) is 0 Å². The van der Waals surface area contributed by atoms with Gasteiger partial charge in [-0.3, -0.25) is 4.79 Å². The van der Waals surface area contributed by atoms with Crippen molar-refractivity contribution in [3.05, 3.63) is 28.8 Å². The smallest absolute Gasteiger partial charge is 0.316 e. The van der Waals surface area contributed by atoms with Crippen molar-refractivity contribution in [3.63, 3.8) is 0 Å². The Bertz CT molecular complexity index is 441. The topological polar surface area (TPSA) is 26.3 Å². The van der Waals surface area contributed by atoms with Gasteiger partial charge in [-0.2, -0.15) is 0 Å². The largest absolute Gasteiger partial charge is 0.468 e. The van der Waals surface area contributed by atoms with E-state index in [0.29, 0.717) is 0 Å². The second kappa shape index (κ2) is 4.91. The maximum atomic E-state index is 11.7. The van der Waals surface area contributed by atoms with Crippen LogP contribution in [-0.4, -0.2) is 18.8 Å². The van der Waals surface area contributed by atoms with Gasteiger partial charge in [-0.1, -0.05) is 24.6 Å². The highest BCUT2D eigenvalue weighted by Gasteiger charge is 2.52. The molecule has 0 radical (unpaired) electrons. The van der Waals surface area contributed by atoms with Gasteiger partial charge in [0.15, 0.2) is 0 Å². The molecule has 0 saturated heterocycles. The first-order valence-electron chi connectivity index (χ1n) is 5.65. The van der Waals surface area contributed by atoms with Crippen LogP contribution < -0.4 is 0 Å². The zero-order valence-electron chi connectivity index (χ0n) is 9.96. The Morgan fingerprint density at radius 2 is 2.24 bits per heavy atom. The van der Waals surface area contributed by atoms with E-state index in [4.69, 9.17) is 16.3 Å². The van der Waals surface area contributed by atoms with Gasteiger partial charge in [-0.15, -0.1) is 11.8 Å². The van der Waals surface area contributed by atoms with Crippen molar-refractivity contribution in [1.29, 1.82) is 0 Å². The first-order chi connectivity index (χ1) is 8.14. The van der Waals surface area contributed by atoms with Gasteiger partial charge >= 0.3 is 5.97 Å². The molecule has 1 aromatic carbocycles. The molecule has 2 rings (SSSR count). The van der Waals surface area contributed by atoms with Gasteiger partial charge in [0.25, 0.3) is 0 Å². The highest BCUT2D eigenvalue weighted by Crippen LogP contribution is 2.50.